The number of fused-ring (bicyclic) bond motifs is 1. The molecule has 0 radical (unpaired) electrons. The molecule has 2 fully saturated rings. The number of ether oxygens (including phenoxy) is 1. The fourth-order valence-electron chi connectivity index (χ4n) is 2.47. The summed E-state index contributed by atoms with van der Waals surface area (Å²) in [6, 6.07) is 0.532. The van der Waals surface area contributed by atoms with Crippen molar-refractivity contribution in [1.82, 2.24) is 19.5 Å². The van der Waals surface area contributed by atoms with Crippen LogP contribution >= 0.6 is 11.6 Å². The first kappa shape index (κ1) is 10.7. The minimum atomic E-state index is -0.0158. The van der Waals surface area contributed by atoms with Crippen LogP contribution in [-0.2, 0) is 4.74 Å². The second-order valence-corrected chi connectivity index (χ2v) is 5.29. The van der Waals surface area contributed by atoms with Crippen LogP contribution in [0.15, 0.2) is 6.33 Å². The molecule has 1 atom stereocenters. The van der Waals surface area contributed by atoms with Crippen LogP contribution in [-0.4, -0.2) is 26.1 Å². The summed E-state index contributed by atoms with van der Waals surface area (Å²) in [5.41, 5.74) is 1.55. The van der Waals surface area contributed by atoms with Crippen molar-refractivity contribution in [2.24, 2.45) is 0 Å². The molecule has 1 saturated carbocycles. The van der Waals surface area contributed by atoms with E-state index in [2.05, 4.69) is 19.5 Å². The molecule has 1 aliphatic carbocycles. The predicted molar refractivity (Wildman–Crippen MR) is 66.5 cm³/mol. The first-order chi connectivity index (χ1) is 8.83. The molecular weight excluding hydrogens is 252 g/mol. The normalized spacial score (nSPS) is 23.9. The standard InChI is InChI=1S/C12H13ClN4O/c13-10-9-12(14-6-17(9)7-3-4-7)16-11(15-10)8-2-1-5-18-8/h6-8H,1-5H2/t8-/m0/s1. The van der Waals surface area contributed by atoms with Gasteiger partial charge >= 0.3 is 0 Å². The lowest BCUT2D eigenvalue weighted by Crippen LogP contribution is -2.04. The molecule has 0 spiro atoms. The molecule has 18 heavy (non-hydrogen) atoms. The molecule has 94 valence electrons. The quantitative estimate of drug-likeness (QED) is 0.783. The average molecular weight is 265 g/mol. The minimum Gasteiger partial charge on any atom is -0.370 e. The Morgan fingerprint density at radius 2 is 2.17 bits per heavy atom. The Labute approximate surface area is 109 Å². The molecule has 0 aromatic carbocycles. The molecule has 0 amide bonds. The van der Waals surface area contributed by atoms with E-state index in [0.717, 1.165) is 25.0 Å². The number of hydrogen-bond acceptors (Lipinski definition) is 4. The highest BCUT2D eigenvalue weighted by Gasteiger charge is 2.28. The minimum absolute atomic E-state index is 0.0158. The maximum absolute atomic E-state index is 6.29. The lowest BCUT2D eigenvalue weighted by molar-refractivity contribution is 0.105. The highest BCUT2D eigenvalue weighted by molar-refractivity contribution is 6.33. The zero-order valence-electron chi connectivity index (χ0n) is 9.84. The van der Waals surface area contributed by atoms with Crippen LogP contribution in [0.4, 0.5) is 0 Å². The van der Waals surface area contributed by atoms with E-state index in [9.17, 15) is 0 Å². The van der Waals surface area contributed by atoms with E-state index in [1.807, 2.05) is 6.33 Å². The zero-order chi connectivity index (χ0) is 12.1. The van der Waals surface area contributed by atoms with Gasteiger partial charge in [-0.2, -0.15) is 0 Å². The summed E-state index contributed by atoms with van der Waals surface area (Å²) in [4.78, 5) is 13.2. The van der Waals surface area contributed by atoms with E-state index in [-0.39, 0.29) is 6.10 Å². The van der Waals surface area contributed by atoms with Crippen molar-refractivity contribution in [2.75, 3.05) is 6.61 Å². The summed E-state index contributed by atoms with van der Waals surface area (Å²) in [5, 5.41) is 0.495. The second-order valence-electron chi connectivity index (χ2n) is 4.93. The highest BCUT2D eigenvalue weighted by atomic mass is 35.5. The Hall–Kier alpha value is -1.20. The third-order valence-electron chi connectivity index (χ3n) is 3.56. The lowest BCUT2D eigenvalue weighted by atomic mass is 10.2. The third-order valence-corrected chi connectivity index (χ3v) is 3.82. The first-order valence-electron chi connectivity index (χ1n) is 6.34. The van der Waals surface area contributed by atoms with Gasteiger partial charge in [-0.25, -0.2) is 15.0 Å². The van der Waals surface area contributed by atoms with Gasteiger partial charge in [0.05, 0.1) is 6.33 Å². The van der Waals surface area contributed by atoms with Gasteiger partial charge in [0.2, 0.25) is 0 Å². The van der Waals surface area contributed by atoms with Crippen LogP contribution in [0, 0.1) is 0 Å². The van der Waals surface area contributed by atoms with Gasteiger partial charge in [-0.3, -0.25) is 0 Å². The molecule has 3 heterocycles. The van der Waals surface area contributed by atoms with E-state index in [0.29, 0.717) is 22.7 Å². The van der Waals surface area contributed by atoms with Gasteiger partial charge in [-0.1, -0.05) is 11.6 Å². The van der Waals surface area contributed by atoms with Crippen LogP contribution in [0.3, 0.4) is 0 Å². The molecule has 2 aromatic heterocycles. The van der Waals surface area contributed by atoms with Crippen molar-refractivity contribution in [2.45, 2.75) is 37.8 Å². The molecule has 4 rings (SSSR count). The topological polar surface area (TPSA) is 52.8 Å². The van der Waals surface area contributed by atoms with Crippen LogP contribution < -0.4 is 0 Å². The molecule has 1 aliphatic heterocycles. The van der Waals surface area contributed by atoms with Crippen molar-refractivity contribution in [3.63, 3.8) is 0 Å². The molecule has 0 N–H and O–H groups in total. The smallest absolute Gasteiger partial charge is 0.182 e. The average Bonchev–Trinajstić information content (AvgIpc) is 2.93. The predicted octanol–water partition coefficient (Wildman–Crippen LogP) is 2.67. The number of aromatic nitrogens is 4. The fourth-order valence-corrected chi connectivity index (χ4v) is 2.74. The number of imidazole rings is 1. The van der Waals surface area contributed by atoms with Gasteiger partial charge in [0, 0.05) is 12.6 Å². The van der Waals surface area contributed by atoms with Crippen LogP contribution in [0.2, 0.25) is 5.15 Å². The summed E-state index contributed by atoms with van der Waals surface area (Å²) in [7, 11) is 0. The SMILES string of the molecule is Clc1nc([C@@H]2CCCO2)nc2ncn(C3CC3)c12. The van der Waals surface area contributed by atoms with Crippen molar-refractivity contribution in [3.8, 4) is 0 Å². The lowest BCUT2D eigenvalue weighted by Gasteiger charge is -2.08. The van der Waals surface area contributed by atoms with Crippen molar-refractivity contribution in [1.29, 1.82) is 0 Å². The summed E-state index contributed by atoms with van der Waals surface area (Å²) < 4.78 is 7.69. The van der Waals surface area contributed by atoms with E-state index < -0.39 is 0 Å². The molecule has 0 unspecified atom stereocenters. The third kappa shape index (κ3) is 1.61. The number of halogens is 1. The molecule has 1 saturated heterocycles. The fraction of sp³-hybridized carbons (Fsp3) is 0.583. The maximum atomic E-state index is 6.29. The Morgan fingerprint density at radius 1 is 1.28 bits per heavy atom. The molecule has 5 nitrogen and oxygen atoms in total. The second kappa shape index (κ2) is 3.90. The number of rotatable bonds is 2. The molecule has 2 aliphatic rings. The summed E-state index contributed by atoms with van der Waals surface area (Å²) >= 11 is 6.29. The molecule has 0 bridgehead atoms. The van der Waals surface area contributed by atoms with Crippen LogP contribution in [0.25, 0.3) is 11.2 Å². The summed E-state index contributed by atoms with van der Waals surface area (Å²) in [6.07, 6.45) is 6.20. The van der Waals surface area contributed by atoms with Gasteiger partial charge in [0.1, 0.15) is 11.6 Å². The van der Waals surface area contributed by atoms with Crippen molar-refractivity contribution >= 4 is 22.8 Å². The monoisotopic (exact) mass is 264 g/mol. The Balaban J connectivity index is 1.83. The zero-order valence-corrected chi connectivity index (χ0v) is 10.6. The van der Waals surface area contributed by atoms with Crippen LogP contribution in [0.1, 0.15) is 43.7 Å². The molecule has 2 aromatic rings. The number of hydrogen-bond donors (Lipinski definition) is 0. The van der Waals surface area contributed by atoms with E-state index >= 15 is 0 Å². The van der Waals surface area contributed by atoms with Gasteiger partial charge in [-0.05, 0) is 25.7 Å². The first-order valence-corrected chi connectivity index (χ1v) is 6.72. The Kier molecular flexibility index (Phi) is 2.32. The van der Waals surface area contributed by atoms with Gasteiger partial charge in [0.15, 0.2) is 16.6 Å². The summed E-state index contributed by atoms with van der Waals surface area (Å²) in [6.45, 7) is 0.778. The van der Waals surface area contributed by atoms with E-state index in [4.69, 9.17) is 16.3 Å². The van der Waals surface area contributed by atoms with Gasteiger partial charge in [-0.15, -0.1) is 0 Å². The molecular formula is C12H13ClN4O. The maximum Gasteiger partial charge on any atom is 0.182 e. The van der Waals surface area contributed by atoms with Gasteiger partial charge in [0.25, 0.3) is 0 Å². The van der Waals surface area contributed by atoms with Gasteiger partial charge < -0.3 is 9.30 Å². The number of nitrogens with zero attached hydrogens (tertiary/aromatic N) is 4. The van der Waals surface area contributed by atoms with Crippen LogP contribution in [0.5, 0.6) is 0 Å². The molecule has 6 heteroatoms. The highest BCUT2D eigenvalue weighted by Crippen LogP contribution is 2.38. The van der Waals surface area contributed by atoms with E-state index in [1.54, 1.807) is 0 Å². The van der Waals surface area contributed by atoms with Crippen molar-refractivity contribution < 1.29 is 4.74 Å². The Morgan fingerprint density at radius 3 is 2.89 bits per heavy atom. The largest absolute Gasteiger partial charge is 0.370 e. The Bertz CT molecular complexity index is 601. The van der Waals surface area contributed by atoms with E-state index in [1.165, 1.54) is 12.8 Å². The summed E-state index contributed by atoms with van der Waals surface area (Å²) in [5.74, 6) is 0.672. The van der Waals surface area contributed by atoms with Crippen molar-refractivity contribution in [3.05, 3.63) is 17.3 Å².